The highest BCUT2D eigenvalue weighted by atomic mass is 19.4. The number of amides is 1. The van der Waals surface area contributed by atoms with E-state index in [1.165, 1.54) is 0 Å². The lowest BCUT2D eigenvalue weighted by Crippen LogP contribution is -2.47. The minimum absolute atomic E-state index is 0.0824. The molecule has 1 aliphatic carbocycles. The van der Waals surface area contributed by atoms with Crippen molar-refractivity contribution in [2.24, 2.45) is 5.41 Å². The summed E-state index contributed by atoms with van der Waals surface area (Å²) >= 11 is 0. The van der Waals surface area contributed by atoms with Crippen LogP contribution in [0, 0.1) is 5.41 Å². The maximum absolute atomic E-state index is 11.9. The molecular formula is C8H11F3N2O. The van der Waals surface area contributed by atoms with Gasteiger partial charge in [-0.2, -0.15) is 13.2 Å². The van der Waals surface area contributed by atoms with E-state index in [-0.39, 0.29) is 11.5 Å². The maximum Gasteiger partial charge on any atom is 0.471 e. The first-order valence-corrected chi connectivity index (χ1v) is 4.52. The summed E-state index contributed by atoms with van der Waals surface area (Å²) in [4.78, 5) is 10.7. The Balaban J connectivity index is 1.95. The summed E-state index contributed by atoms with van der Waals surface area (Å²) in [6, 6.07) is -0.350. The second-order valence-corrected chi connectivity index (χ2v) is 4.02. The third-order valence-electron chi connectivity index (χ3n) is 3.02. The van der Waals surface area contributed by atoms with Gasteiger partial charge in [0.15, 0.2) is 0 Å². The molecule has 0 aromatic carbocycles. The van der Waals surface area contributed by atoms with Gasteiger partial charge in [0.25, 0.3) is 0 Å². The number of carbonyl (C=O) groups is 1. The smallest absolute Gasteiger partial charge is 0.344 e. The molecule has 0 aromatic rings. The Morgan fingerprint density at radius 2 is 2.07 bits per heavy atom. The molecule has 1 heterocycles. The van der Waals surface area contributed by atoms with E-state index >= 15 is 0 Å². The van der Waals surface area contributed by atoms with E-state index in [0.717, 1.165) is 19.4 Å². The summed E-state index contributed by atoms with van der Waals surface area (Å²) in [5, 5.41) is 5.04. The van der Waals surface area contributed by atoms with Crippen LogP contribution in [0.2, 0.25) is 0 Å². The molecule has 1 atom stereocenters. The van der Waals surface area contributed by atoms with Gasteiger partial charge in [0, 0.05) is 24.5 Å². The van der Waals surface area contributed by atoms with Gasteiger partial charge in [-0.1, -0.05) is 0 Å². The van der Waals surface area contributed by atoms with Gasteiger partial charge in [-0.25, -0.2) is 0 Å². The third-order valence-corrected chi connectivity index (χ3v) is 3.02. The molecule has 0 radical (unpaired) electrons. The van der Waals surface area contributed by atoms with Crippen LogP contribution in [0.3, 0.4) is 0 Å². The molecule has 1 spiro atoms. The molecule has 2 fully saturated rings. The molecule has 0 bridgehead atoms. The highest BCUT2D eigenvalue weighted by molar-refractivity contribution is 5.82. The van der Waals surface area contributed by atoms with Crippen LogP contribution in [0.25, 0.3) is 0 Å². The van der Waals surface area contributed by atoms with Gasteiger partial charge in [0.1, 0.15) is 0 Å². The molecule has 1 amide bonds. The summed E-state index contributed by atoms with van der Waals surface area (Å²) < 4.78 is 35.8. The summed E-state index contributed by atoms with van der Waals surface area (Å²) in [5.74, 6) is -1.82. The number of nitrogens with one attached hydrogen (secondary N) is 2. The first kappa shape index (κ1) is 9.76. The van der Waals surface area contributed by atoms with E-state index in [4.69, 9.17) is 0 Å². The number of rotatable bonds is 1. The van der Waals surface area contributed by atoms with Crippen LogP contribution in [0.1, 0.15) is 12.8 Å². The molecule has 2 aliphatic rings. The SMILES string of the molecule is O=C(N[C@@H]1CNCC12CC2)C(F)(F)F. The van der Waals surface area contributed by atoms with Crippen LogP contribution in [0.4, 0.5) is 13.2 Å². The largest absolute Gasteiger partial charge is 0.471 e. The maximum atomic E-state index is 11.9. The number of carbonyl (C=O) groups excluding carboxylic acids is 1. The van der Waals surface area contributed by atoms with Crippen molar-refractivity contribution in [3.8, 4) is 0 Å². The van der Waals surface area contributed by atoms with Crippen LogP contribution >= 0.6 is 0 Å². The molecule has 2 rings (SSSR count). The fourth-order valence-electron chi connectivity index (χ4n) is 1.94. The van der Waals surface area contributed by atoms with Crippen molar-refractivity contribution in [2.45, 2.75) is 25.1 Å². The second-order valence-electron chi connectivity index (χ2n) is 4.02. The Labute approximate surface area is 79.0 Å². The average molecular weight is 208 g/mol. The standard InChI is InChI=1S/C8H11F3N2O/c9-8(10,11)6(14)13-5-3-12-4-7(5)1-2-7/h5,12H,1-4H2,(H,13,14)/t5-/m1/s1. The zero-order chi connectivity index (χ0) is 10.4. The van der Waals surface area contributed by atoms with E-state index in [9.17, 15) is 18.0 Å². The van der Waals surface area contributed by atoms with Gasteiger partial charge in [-0.3, -0.25) is 4.79 Å². The predicted octanol–water partition coefficient (Wildman–Crippen LogP) is 0.417. The Morgan fingerprint density at radius 1 is 1.43 bits per heavy atom. The average Bonchev–Trinajstić information content (AvgIpc) is 2.71. The van der Waals surface area contributed by atoms with Crippen molar-refractivity contribution in [2.75, 3.05) is 13.1 Å². The first-order valence-electron chi connectivity index (χ1n) is 4.52. The van der Waals surface area contributed by atoms with Gasteiger partial charge < -0.3 is 10.6 Å². The predicted molar refractivity (Wildman–Crippen MR) is 42.5 cm³/mol. The summed E-state index contributed by atoms with van der Waals surface area (Å²) in [6.07, 6.45) is -2.95. The van der Waals surface area contributed by atoms with Crippen molar-refractivity contribution in [3.63, 3.8) is 0 Å². The van der Waals surface area contributed by atoms with Gasteiger partial charge in [-0.15, -0.1) is 0 Å². The summed E-state index contributed by atoms with van der Waals surface area (Å²) in [7, 11) is 0. The molecule has 80 valence electrons. The second kappa shape index (κ2) is 2.85. The van der Waals surface area contributed by atoms with Gasteiger partial charge >= 0.3 is 12.1 Å². The fraction of sp³-hybridized carbons (Fsp3) is 0.875. The van der Waals surface area contributed by atoms with E-state index in [2.05, 4.69) is 5.32 Å². The van der Waals surface area contributed by atoms with Crippen LogP contribution < -0.4 is 10.6 Å². The van der Waals surface area contributed by atoms with Crippen molar-refractivity contribution < 1.29 is 18.0 Å². The lowest BCUT2D eigenvalue weighted by molar-refractivity contribution is -0.174. The molecule has 0 unspecified atom stereocenters. The number of alkyl halides is 3. The van der Waals surface area contributed by atoms with Gasteiger partial charge in [0.05, 0.1) is 0 Å². The number of halogens is 3. The number of hydrogen-bond acceptors (Lipinski definition) is 2. The lowest BCUT2D eigenvalue weighted by Gasteiger charge is -2.19. The molecule has 0 aromatic heterocycles. The highest BCUT2D eigenvalue weighted by Crippen LogP contribution is 2.50. The van der Waals surface area contributed by atoms with Crippen molar-refractivity contribution in [1.82, 2.24) is 10.6 Å². The van der Waals surface area contributed by atoms with Crippen molar-refractivity contribution >= 4 is 5.91 Å². The monoisotopic (exact) mass is 208 g/mol. The minimum atomic E-state index is -4.77. The Kier molecular flexibility index (Phi) is 1.99. The molecule has 6 heteroatoms. The quantitative estimate of drug-likeness (QED) is 0.655. The topological polar surface area (TPSA) is 41.1 Å². The zero-order valence-electron chi connectivity index (χ0n) is 7.45. The fourth-order valence-corrected chi connectivity index (χ4v) is 1.94. The molecule has 14 heavy (non-hydrogen) atoms. The first-order chi connectivity index (χ1) is 6.44. The Hall–Kier alpha value is -0.780. The normalized spacial score (nSPS) is 29.2. The minimum Gasteiger partial charge on any atom is -0.344 e. The summed E-state index contributed by atoms with van der Waals surface area (Å²) in [5.41, 5.74) is -0.0824. The van der Waals surface area contributed by atoms with Crippen LogP contribution in [0.5, 0.6) is 0 Å². The molecule has 1 saturated heterocycles. The molecule has 3 nitrogen and oxygen atoms in total. The number of hydrogen-bond donors (Lipinski definition) is 2. The van der Waals surface area contributed by atoms with E-state index in [0.29, 0.717) is 6.54 Å². The van der Waals surface area contributed by atoms with Gasteiger partial charge in [0.2, 0.25) is 0 Å². The van der Waals surface area contributed by atoms with E-state index in [1.54, 1.807) is 0 Å². The van der Waals surface area contributed by atoms with Crippen LogP contribution in [-0.4, -0.2) is 31.2 Å². The molecule has 1 aliphatic heterocycles. The Bertz CT molecular complexity index is 260. The highest BCUT2D eigenvalue weighted by Gasteiger charge is 2.54. The molecule has 2 N–H and O–H groups in total. The van der Waals surface area contributed by atoms with Crippen LogP contribution in [0.15, 0.2) is 0 Å². The molecule has 1 saturated carbocycles. The van der Waals surface area contributed by atoms with E-state index in [1.807, 2.05) is 5.32 Å². The van der Waals surface area contributed by atoms with Gasteiger partial charge in [-0.05, 0) is 12.8 Å². The lowest BCUT2D eigenvalue weighted by atomic mass is 10.0. The zero-order valence-corrected chi connectivity index (χ0v) is 7.45. The van der Waals surface area contributed by atoms with E-state index < -0.39 is 12.1 Å². The van der Waals surface area contributed by atoms with Crippen molar-refractivity contribution in [3.05, 3.63) is 0 Å². The van der Waals surface area contributed by atoms with Crippen LogP contribution in [-0.2, 0) is 4.79 Å². The molecular weight excluding hydrogens is 197 g/mol. The Morgan fingerprint density at radius 3 is 2.57 bits per heavy atom. The third kappa shape index (κ3) is 1.58. The van der Waals surface area contributed by atoms with Crippen molar-refractivity contribution in [1.29, 1.82) is 0 Å². The summed E-state index contributed by atoms with van der Waals surface area (Å²) in [6.45, 7) is 1.16.